The Bertz CT molecular complexity index is 914. The minimum Gasteiger partial charge on any atom is -0.496 e. The highest BCUT2D eigenvalue weighted by Gasteiger charge is 2.16. The van der Waals surface area contributed by atoms with Gasteiger partial charge in [-0.05, 0) is 30.7 Å². The fourth-order valence-corrected chi connectivity index (χ4v) is 2.53. The Morgan fingerprint density at radius 1 is 1.24 bits per heavy atom. The number of hydrogen-bond donors (Lipinski definition) is 1. The van der Waals surface area contributed by atoms with E-state index in [1.165, 1.54) is 18.2 Å². The first-order valence-electron chi connectivity index (χ1n) is 7.80. The van der Waals surface area contributed by atoms with Crippen LogP contribution in [-0.4, -0.2) is 21.9 Å². The average Bonchev–Trinajstić information content (AvgIpc) is 2.98. The van der Waals surface area contributed by atoms with Crippen LogP contribution in [0, 0.1) is 12.7 Å². The molecule has 25 heavy (non-hydrogen) atoms. The monoisotopic (exact) mass is 363 g/mol. The molecule has 0 saturated carbocycles. The lowest BCUT2D eigenvalue weighted by Crippen LogP contribution is -2.16. The van der Waals surface area contributed by atoms with Crippen LogP contribution in [0.25, 0.3) is 17.1 Å². The third-order valence-corrected chi connectivity index (χ3v) is 3.77. The van der Waals surface area contributed by atoms with E-state index in [0.29, 0.717) is 11.4 Å². The maximum absolute atomic E-state index is 14.0. The topological polar surface area (TPSA) is 59.9 Å². The van der Waals surface area contributed by atoms with E-state index in [1.54, 1.807) is 19.2 Å². The molecule has 5 nitrogen and oxygen atoms in total. The van der Waals surface area contributed by atoms with Gasteiger partial charge in [0.1, 0.15) is 11.6 Å². The van der Waals surface area contributed by atoms with Crippen molar-refractivity contribution < 1.29 is 9.13 Å². The fourth-order valence-electron chi connectivity index (χ4n) is 2.28. The van der Waals surface area contributed by atoms with Gasteiger partial charge in [0, 0.05) is 6.07 Å². The van der Waals surface area contributed by atoms with Crippen molar-refractivity contribution in [2.75, 3.05) is 7.11 Å². The standard InChI is InChI=1S/C16H13ClFN3O2.C2H6/c1-9-6-7-10(8-13(9)23-2)21-16(22)19-15(20-21)14-11(17)4-3-5-12(14)18;1-2/h3-8H,1-2H3,(H,19,20,22);1-2H3. The van der Waals surface area contributed by atoms with Gasteiger partial charge in [-0.1, -0.05) is 37.6 Å². The van der Waals surface area contributed by atoms with Crippen molar-refractivity contribution in [2.45, 2.75) is 20.8 Å². The van der Waals surface area contributed by atoms with E-state index >= 15 is 0 Å². The van der Waals surface area contributed by atoms with Crippen molar-refractivity contribution in [3.05, 3.63) is 63.3 Å². The third-order valence-electron chi connectivity index (χ3n) is 3.45. The predicted octanol–water partition coefficient (Wildman–Crippen LogP) is 4.36. The highest BCUT2D eigenvalue weighted by Crippen LogP contribution is 2.27. The molecule has 0 saturated heterocycles. The number of halogens is 2. The molecular weight excluding hydrogens is 345 g/mol. The quantitative estimate of drug-likeness (QED) is 0.752. The lowest BCUT2D eigenvalue weighted by Gasteiger charge is -2.06. The SMILES string of the molecule is CC.COc1cc(-n2nc(-c3c(F)cccc3Cl)[nH]c2=O)ccc1C. The summed E-state index contributed by atoms with van der Waals surface area (Å²) >= 11 is 6.01. The molecule has 132 valence electrons. The highest BCUT2D eigenvalue weighted by molar-refractivity contribution is 6.33. The maximum atomic E-state index is 14.0. The summed E-state index contributed by atoms with van der Waals surface area (Å²) in [5, 5.41) is 4.32. The number of hydrogen-bond acceptors (Lipinski definition) is 3. The lowest BCUT2D eigenvalue weighted by atomic mass is 10.2. The van der Waals surface area contributed by atoms with Gasteiger partial charge in [0.25, 0.3) is 0 Å². The van der Waals surface area contributed by atoms with Crippen LogP contribution < -0.4 is 10.4 Å². The Morgan fingerprint density at radius 2 is 1.96 bits per heavy atom. The van der Waals surface area contributed by atoms with Crippen LogP contribution in [0.5, 0.6) is 5.75 Å². The molecule has 0 atom stereocenters. The average molecular weight is 364 g/mol. The Balaban J connectivity index is 0.00000109. The molecule has 0 aliphatic heterocycles. The molecule has 0 unspecified atom stereocenters. The van der Waals surface area contributed by atoms with Crippen molar-refractivity contribution in [1.82, 2.24) is 14.8 Å². The van der Waals surface area contributed by atoms with Crippen molar-refractivity contribution in [3.63, 3.8) is 0 Å². The Labute approximate surface area is 150 Å². The molecule has 0 aliphatic rings. The summed E-state index contributed by atoms with van der Waals surface area (Å²) in [7, 11) is 1.55. The smallest absolute Gasteiger partial charge is 0.348 e. The zero-order chi connectivity index (χ0) is 18.6. The summed E-state index contributed by atoms with van der Waals surface area (Å²) in [6.07, 6.45) is 0. The molecule has 0 fully saturated rings. The molecule has 0 spiro atoms. The molecule has 1 aromatic heterocycles. The number of aromatic amines is 1. The van der Waals surface area contributed by atoms with Gasteiger partial charge in [0.15, 0.2) is 5.82 Å². The molecule has 3 rings (SSSR count). The second kappa shape index (κ2) is 7.98. The number of ether oxygens (including phenoxy) is 1. The first-order chi connectivity index (χ1) is 12.0. The number of nitrogens with zero attached hydrogens (tertiary/aromatic N) is 2. The number of benzene rings is 2. The van der Waals surface area contributed by atoms with E-state index in [0.717, 1.165) is 10.2 Å². The Hall–Kier alpha value is -2.60. The molecule has 0 bridgehead atoms. The van der Waals surface area contributed by atoms with Crippen molar-refractivity contribution in [3.8, 4) is 22.8 Å². The number of methoxy groups -OCH3 is 1. The van der Waals surface area contributed by atoms with Crippen molar-refractivity contribution in [1.29, 1.82) is 0 Å². The lowest BCUT2D eigenvalue weighted by molar-refractivity contribution is 0.411. The molecule has 0 aliphatic carbocycles. The number of nitrogens with one attached hydrogen (secondary N) is 1. The molecule has 0 amide bonds. The normalized spacial score (nSPS) is 10.2. The van der Waals surface area contributed by atoms with E-state index in [9.17, 15) is 9.18 Å². The summed E-state index contributed by atoms with van der Waals surface area (Å²) in [6.45, 7) is 5.89. The highest BCUT2D eigenvalue weighted by atomic mass is 35.5. The largest absolute Gasteiger partial charge is 0.496 e. The maximum Gasteiger partial charge on any atom is 0.348 e. The minimum absolute atomic E-state index is 0.0593. The molecule has 0 radical (unpaired) electrons. The predicted molar refractivity (Wildman–Crippen MR) is 97.2 cm³/mol. The molecular formula is C18H19ClFN3O2. The van der Waals surface area contributed by atoms with Gasteiger partial charge in [0.05, 0.1) is 23.4 Å². The van der Waals surface area contributed by atoms with Gasteiger partial charge in [-0.25, -0.2) is 9.18 Å². The summed E-state index contributed by atoms with van der Waals surface area (Å²) in [5.41, 5.74) is 0.999. The second-order valence-corrected chi connectivity index (χ2v) is 5.35. The minimum atomic E-state index is -0.556. The van der Waals surface area contributed by atoms with Gasteiger partial charge in [-0.3, -0.25) is 4.98 Å². The van der Waals surface area contributed by atoms with E-state index < -0.39 is 11.5 Å². The number of rotatable bonds is 3. The first kappa shape index (κ1) is 18.7. The first-order valence-corrected chi connectivity index (χ1v) is 8.18. The number of aromatic nitrogens is 3. The van der Waals surface area contributed by atoms with E-state index in [1.807, 2.05) is 26.8 Å². The Kier molecular flexibility index (Phi) is 5.98. The molecule has 1 heterocycles. The summed E-state index contributed by atoms with van der Waals surface area (Å²) < 4.78 is 20.4. The van der Waals surface area contributed by atoms with Gasteiger partial charge in [-0.15, -0.1) is 5.10 Å². The van der Waals surface area contributed by atoms with Crippen molar-refractivity contribution >= 4 is 11.6 Å². The summed E-state index contributed by atoms with van der Waals surface area (Å²) in [5.74, 6) is 0.139. The van der Waals surface area contributed by atoms with Gasteiger partial charge in [-0.2, -0.15) is 4.68 Å². The zero-order valence-corrected chi connectivity index (χ0v) is 15.2. The van der Waals surface area contributed by atoms with E-state index in [2.05, 4.69) is 10.1 Å². The van der Waals surface area contributed by atoms with Crippen LogP contribution >= 0.6 is 11.6 Å². The van der Waals surface area contributed by atoms with Gasteiger partial charge < -0.3 is 4.74 Å². The van der Waals surface area contributed by atoms with Crippen LogP contribution in [-0.2, 0) is 0 Å². The second-order valence-electron chi connectivity index (χ2n) is 4.94. The number of H-pyrrole nitrogens is 1. The Morgan fingerprint density at radius 3 is 2.60 bits per heavy atom. The molecule has 2 aromatic carbocycles. The van der Waals surface area contributed by atoms with Crippen LogP contribution in [0.4, 0.5) is 4.39 Å². The van der Waals surface area contributed by atoms with E-state index in [4.69, 9.17) is 16.3 Å². The fraction of sp³-hybridized carbons (Fsp3) is 0.222. The molecule has 7 heteroatoms. The summed E-state index contributed by atoms with van der Waals surface area (Å²) in [4.78, 5) is 14.7. The van der Waals surface area contributed by atoms with Crippen LogP contribution in [0.3, 0.4) is 0 Å². The van der Waals surface area contributed by atoms with Crippen LogP contribution in [0.1, 0.15) is 19.4 Å². The zero-order valence-electron chi connectivity index (χ0n) is 14.4. The van der Waals surface area contributed by atoms with E-state index in [-0.39, 0.29) is 16.4 Å². The molecule has 1 N–H and O–H groups in total. The van der Waals surface area contributed by atoms with Crippen LogP contribution in [0.2, 0.25) is 5.02 Å². The van der Waals surface area contributed by atoms with Crippen LogP contribution in [0.15, 0.2) is 41.2 Å². The van der Waals surface area contributed by atoms with Gasteiger partial charge in [0.2, 0.25) is 0 Å². The molecule has 3 aromatic rings. The van der Waals surface area contributed by atoms with Crippen molar-refractivity contribution in [2.24, 2.45) is 0 Å². The van der Waals surface area contributed by atoms with Gasteiger partial charge >= 0.3 is 5.69 Å². The summed E-state index contributed by atoms with van der Waals surface area (Å²) in [6, 6.07) is 9.50. The number of aryl methyl sites for hydroxylation is 1. The third kappa shape index (κ3) is 3.74.